The Hall–Kier alpha value is -0.510. The van der Waals surface area contributed by atoms with Crippen LogP contribution in [0.15, 0.2) is 9.52 Å². The fourth-order valence-electron chi connectivity index (χ4n) is 2.38. The molecule has 23 heavy (non-hydrogen) atoms. The smallest absolute Gasteiger partial charge is 0.228 e. The minimum Gasteiger partial charge on any atom is -0.356 e. The summed E-state index contributed by atoms with van der Waals surface area (Å²) in [5.41, 5.74) is 0. The predicted molar refractivity (Wildman–Crippen MR) is 107 cm³/mol. The first-order valence-electron chi connectivity index (χ1n) is 8.03. The van der Waals surface area contributed by atoms with E-state index in [2.05, 4.69) is 57.9 Å². The van der Waals surface area contributed by atoms with Gasteiger partial charge in [-0.1, -0.05) is 25.9 Å². The first-order valence-corrected chi connectivity index (χ1v) is 9.08. The third-order valence-electron chi connectivity index (χ3n) is 3.73. The summed E-state index contributed by atoms with van der Waals surface area (Å²) in [7, 11) is 1.84. The van der Waals surface area contributed by atoms with Crippen LogP contribution >= 0.6 is 35.7 Å². The van der Waals surface area contributed by atoms with Gasteiger partial charge in [0.25, 0.3) is 0 Å². The highest BCUT2D eigenvalue weighted by molar-refractivity contribution is 14.0. The van der Waals surface area contributed by atoms with Gasteiger partial charge in [0.2, 0.25) is 5.89 Å². The number of halogens is 1. The van der Waals surface area contributed by atoms with Gasteiger partial charge in [-0.05, 0) is 6.42 Å². The topological polar surface area (TPSA) is 66.5 Å². The quantitative estimate of drug-likeness (QED) is 0.420. The molecule has 132 valence electrons. The maximum absolute atomic E-state index is 5.26. The molecule has 0 saturated carbocycles. The van der Waals surface area contributed by atoms with Gasteiger partial charge in [-0.15, -0.1) is 24.0 Å². The van der Waals surface area contributed by atoms with Gasteiger partial charge in [0, 0.05) is 50.0 Å². The Bertz CT molecular complexity index is 494. The molecule has 1 saturated heterocycles. The summed E-state index contributed by atoms with van der Waals surface area (Å²) in [5, 5.41) is 8.10. The average Bonchev–Trinajstić information content (AvgIpc) is 3.01. The van der Waals surface area contributed by atoms with Crippen LogP contribution in [-0.4, -0.2) is 58.7 Å². The summed E-state index contributed by atoms with van der Waals surface area (Å²) in [5.74, 6) is 3.91. The summed E-state index contributed by atoms with van der Waals surface area (Å²) in [6.07, 6.45) is 1.93. The van der Waals surface area contributed by atoms with Crippen molar-refractivity contribution in [3.05, 3.63) is 11.7 Å². The standard InChI is InChI=1S/C15H27N5OS.HI/c1-5-12-10-20(8-9-22-12)15(16-4)17-7-6-13-18-14(11(2)3)19-21-13;/h11-12H,5-10H2,1-4H3,(H,16,17);1H. The normalized spacial score (nSPS) is 18.9. The molecule has 1 fully saturated rings. The van der Waals surface area contributed by atoms with Crippen molar-refractivity contribution in [2.24, 2.45) is 4.99 Å². The molecule has 0 aliphatic carbocycles. The van der Waals surface area contributed by atoms with E-state index in [1.54, 1.807) is 0 Å². The fourth-order valence-corrected chi connectivity index (χ4v) is 3.56. The lowest BCUT2D eigenvalue weighted by atomic mass is 10.2. The average molecular weight is 453 g/mol. The molecule has 0 radical (unpaired) electrons. The molecule has 1 aromatic heterocycles. The van der Waals surface area contributed by atoms with Crippen LogP contribution in [0.25, 0.3) is 0 Å². The Balaban J connectivity index is 0.00000264. The lowest BCUT2D eigenvalue weighted by Gasteiger charge is -2.34. The molecule has 0 bridgehead atoms. The number of aromatic nitrogens is 2. The molecule has 8 heteroatoms. The minimum absolute atomic E-state index is 0. The monoisotopic (exact) mass is 453 g/mol. The van der Waals surface area contributed by atoms with E-state index in [1.807, 2.05) is 7.05 Å². The van der Waals surface area contributed by atoms with Crippen LogP contribution in [0, 0.1) is 0 Å². The number of thioether (sulfide) groups is 1. The van der Waals surface area contributed by atoms with Crippen LogP contribution in [0.3, 0.4) is 0 Å². The van der Waals surface area contributed by atoms with E-state index in [1.165, 1.54) is 12.2 Å². The molecular formula is C15H28IN5OS. The number of hydrogen-bond acceptors (Lipinski definition) is 5. The molecule has 1 unspecified atom stereocenters. The molecular weight excluding hydrogens is 425 g/mol. The lowest BCUT2D eigenvalue weighted by Crippen LogP contribution is -2.48. The molecule has 6 nitrogen and oxygen atoms in total. The number of hydrogen-bond donors (Lipinski definition) is 1. The van der Waals surface area contributed by atoms with Crippen molar-refractivity contribution >= 4 is 41.7 Å². The van der Waals surface area contributed by atoms with E-state index >= 15 is 0 Å². The Morgan fingerprint density at radius 1 is 1.52 bits per heavy atom. The molecule has 0 aromatic carbocycles. The van der Waals surface area contributed by atoms with Crippen molar-refractivity contribution in [2.45, 2.75) is 44.8 Å². The van der Waals surface area contributed by atoms with E-state index in [-0.39, 0.29) is 24.0 Å². The molecule has 1 aromatic rings. The van der Waals surface area contributed by atoms with Gasteiger partial charge in [-0.2, -0.15) is 16.7 Å². The third-order valence-corrected chi connectivity index (χ3v) is 5.10. The van der Waals surface area contributed by atoms with E-state index in [0.29, 0.717) is 17.1 Å². The van der Waals surface area contributed by atoms with E-state index in [0.717, 1.165) is 37.8 Å². The molecule has 0 spiro atoms. The van der Waals surface area contributed by atoms with E-state index < -0.39 is 0 Å². The molecule has 2 rings (SSSR count). The van der Waals surface area contributed by atoms with Crippen LogP contribution in [0.1, 0.15) is 44.8 Å². The Morgan fingerprint density at radius 3 is 2.91 bits per heavy atom. The number of nitrogens with one attached hydrogen (secondary N) is 1. The van der Waals surface area contributed by atoms with Gasteiger partial charge < -0.3 is 14.7 Å². The largest absolute Gasteiger partial charge is 0.356 e. The second kappa shape index (κ2) is 10.4. The lowest BCUT2D eigenvalue weighted by molar-refractivity contribution is 0.368. The first-order chi connectivity index (χ1) is 10.6. The summed E-state index contributed by atoms with van der Waals surface area (Å²) >= 11 is 2.06. The molecule has 2 heterocycles. The molecule has 0 amide bonds. The highest BCUT2D eigenvalue weighted by Gasteiger charge is 2.21. The fraction of sp³-hybridized carbons (Fsp3) is 0.800. The Kier molecular flexibility index (Phi) is 9.26. The maximum Gasteiger partial charge on any atom is 0.228 e. The summed E-state index contributed by atoms with van der Waals surface area (Å²) in [4.78, 5) is 11.1. The van der Waals surface area contributed by atoms with Gasteiger partial charge in [-0.25, -0.2) is 0 Å². The summed E-state index contributed by atoms with van der Waals surface area (Å²) < 4.78 is 5.26. The van der Waals surface area contributed by atoms with Crippen molar-refractivity contribution in [3.63, 3.8) is 0 Å². The van der Waals surface area contributed by atoms with Crippen LogP contribution in [0.2, 0.25) is 0 Å². The first kappa shape index (κ1) is 20.5. The number of aliphatic imine (C=N–C) groups is 1. The highest BCUT2D eigenvalue weighted by Crippen LogP contribution is 2.20. The molecule has 1 aliphatic heterocycles. The van der Waals surface area contributed by atoms with Crippen LogP contribution in [-0.2, 0) is 6.42 Å². The van der Waals surface area contributed by atoms with Crippen molar-refractivity contribution in [1.29, 1.82) is 0 Å². The Labute approximate surface area is 160 Å². The van der Waals surface area contributed by atoms with Crippen molar-refractivity contribution < 1.29 is 4.52 Å². The molecule has 1 N–H and O–H groups in total. The SMILES string of the molecule is CCC1CN(C(=NC)NCCc2nc(C(C)C)no2)CCS1.I. The predicted octanol–water partition coefficient (Wildman–Crippen LogP) is 2.76. The van der Waals surface area contributed by atoms with Crippen LogP contribution in [0.4, 0.5) is 0 Å². The van der Waals surface area contributed by atoms with Gasteiger partial charge >= 0.3 is 0 Å². The molecule has 1 aliphatic rings. The van der Waals surface area contributed by atoms with E-state index in [9.17, 15) is 0 Å². The third kappa shape index (κ3) is 6.13. The van der Waals surface area contributed by atoms with Crippen molar-refractivity contribution in [3.8, 4) is 0 Å². The zero-order valence-corrected chi connectivity index (χ0v) is 17.6. The van der Waals surface area contributed by atoms with Gasteiger partial charge in [-0.3, -0.25) is 4.99 Å². The maximum atomic E-state index is 5.26. The summed E-state index contributed by atoms with van der Waals surface area (Å²) in [6, 6.07) is 0. The van der Waals surface area contributed by atoms with Crippen LogP contribution in [0.5, 0.6) is 0 Å². The number of guanidine groups is 1. The Morgan fingerprint density at radius 2 is 2.30 bits per heavy atom. The highest BCUT2D eigenvalue weighted by atomic mass is 127. The second-order valence-electron chi connectivity index (χ2n) is 5.77. The summed E-state index contributed by atoms with van der Waals surface area (Å²) in [6.45, 7) is 9.25. The van der Waals surface area contributed by atoms with Gasteiger partial charge in [0.05, 0.1) is 0 Å². The van der Waals surface area contributed by atoms with E-state index in [4.69, 9.17) is 4.52 Å². The van der Waals surface area contributed by atoms with Gasteiger partial charge in [0.15, 0.2) is 11.8 Å². The zero-order chi connectivity index (χ0) is 15.9. The van der Waals surface area contributed by atoms with Crippen molar-refractivity contribution in [2.75, 3.05) is 32.4 Å². The molecule has 1 atom stereocenters. The van der Waals surface area contributed by atoms with Gasteiger partial charge in [0.1, 0.15) is 0 Å². The minimum atomic E-state index is 0. The van der Waals surface area contributed by atoms with Crippen molar-refractivity contribution in [1.82, 2.24) is 20.4 Å². The number of nitrogens with zero attached hydrogens (tertiary/aromatic N) is 4. The zero-order valence-electron chi connectivity index (χ0n) is 14.4. The second-order valence-corrected chi connectivity index (χ2v) is 7.18. The van der Waals surface area contributed by atoms with Crippen LogP contribution < -0.4 is 5.32 Å². The number of rotatable bonds is 5.